The second-order valence-corrected chi connectivity index (χ2v) is 7.21. The molecule has 92 valence electrons. The molecule has 0 radical (unpaired) electrons. The van der Waals surface area contributed by atoms with Gasteiger partial charge >= 0.3 is 0 Å². The molecule has 3 fully saturated rings. The lowest BCUT2D eigenvalue weighted by Gasteiger charge is -2.51. The van der Waals surface area contributed by atoms with Crippen LogP contribution in [0.3, 0.4) is 0 Å². The highest BCUT2D eigenvalue weighted by molar-refractivity contribution is 5.31. The zero-order valence-corrected chi connectivity index (χ0v) is 11.0. The Labute approximate surface area is 105 Å². The lowest BCUT2D eigenvalue weighted by Crippen LogP contribution is -2.43. The Morgan fingerprint density at radius 2 is 2.06 bits per heavy atom. The molecule has 4 rings (SSSR count). The predicted molar refractivity (Wildman–Crippen MR) is 71.6 cm³/mol. The molecule has 0 nitrogen and oxygen atoms in total. The van der Waals surface area contributed by atoms with E-state index in [9.17, 15) is 0 Å². The lowest BCUT2D eigenvalue weighted by molar-refractivity contribution is 0.0120. The van der Waals surface area contributed by atoms with Crippen molar-refractivity contribution in [2.24, 2.45) is 29.1 Å². The van der Waals surface area contributed by atoms with Crippen molar-refractivity contribution < 1.29 is 0 Å². The first kappa shape index (κ1) is 10.4. The molecule has 0 amide bonds. The van der Waals surface area contributed by atoms with Gasteiger partial charge < -0.3 is 0 Å². The maximum Gasteiger partial charge on any atom is 0.00140 e. The third kappa shape index (κ3) is 1.36. The van der Waals surface area contributed by atoms with Crippen molar-refractivity contribution in [1.29, 1.82) is 0 Å². The lowest BCUT2D eigenvalue weighted by atomic mass is 9.54. The third-order valence-electron chi connectivity index (χ3n) is 6.56. The molecule has 0 aromatic rings. The van der Waals surface area contributed by atoms with Crippen molar-refractivity contribution in [3.63, 3.8) is 0 Å². The first-order valence-electron chi connectivity index (χ1n) is 7.65. The summed E-state index contributed by atoms with van der Waals surface area (Å²) in [6.07, 6.45) is 17.7. The molecule has 0 N–H and O–H groups in total. The number of allylic oxidation sites excluding steroid dienone is 4. The minimum absolute atomic E-state index is 0.727. The number of hydrogen-bond acceptors (Lipinski definition) is 0. The summed E-state index contributed by atoms with van der Waals surface area (Å²) in [5.74, 6) is 3.97. The van der Waals surface area contributed by atoms with E-state index < -0.39 is 0 Å². The van der Waals surface area contributed by atoms with E-state index in [1.807, 2.05) is 0 Å². The maximum atomic E-state index is 2.59. The summed E-state index contributed by atoms with van der Waals surface area (Å²) in [6, 6.07) is 0. The van der Waals surface area contributed by atoms with Gasteiger partial charge in [-0.15, -0.1) is 0 Å². The van der Waals surface area contributed by atoms with Gasteiger partial charge in [0.1, 0.15) is 0 Å². The van der Waals surface area contributed by atoms with E-state index in [0.29, 0.717) is 0 Å². The molecule has 4 aliphatic carbocycles. The Bertz CT molecular complexity index is 389. The summed E-state index contributed by atoms with van der Waals surface area (Å²) in [5, 5.41) is 0. The molecule has 0 aromatic carbocycles. The zero-order chi connectivity index (χ0) is 11.5. The second-order valence-electron chi connectivity index (χ2n) is 7.21. The van der Waals surface area contributed by atoms with Crippen molar-refractivity contribution in [3.05, 3.63) is 23.8 Å². The summed E-state index contributed by atoms with van der Waals surface area (Å²) >= 11 is 0. The summed E-state index contributed by atoms with van der Waals surface area (Å²) in [7, 11) is 0. The van der Waals surface area contributed by atoms with Gasteiger partial charge in [0, 0.05) is 5.92 Å². The Kier molecular flexibility index (Phi) is 2.14. The number of hydrogen-bond donors (Lipinski definition) is 0. The quantitative estimate of drug-likeness (QED) is 0.562. The standard InChI is InChI=1S/C17H24/c1-17-10-3-6-16(17)15-8-7-12-4-2-5-13(12)14(15)9-11-17/h2,4-5,13-16H,3,6-11H2,1H3. The fourth-order valence-corrected chi connectivity index (χ4v) is 5.71. The first-order chi connectivity index (χ1) is 8.28. The van der Waals surface area contributed by atoms with E-state index in [1.54, 1.807) is 5.57 Å². The van der Waals surface area contributed by atoms with Crippen molar-refractivity contribution in [1.82, 2.24) is 0 Å². The van der Waals surface area contributed by atoms with Gasteiger partial charge in [-0.05, 0) is 61.7 Å². The molecule has 0 heteroatoms. The molecule has 0 heterocycles. The van der Waals surface area contributed by atoms with Gasteiger partial charge in [0.2, 0.25) is 0 Å². The van der Waals surface area contributed by atoms with Crippen molar-refractivity contribution >= 4 is 0 Å². The van der Waals surface area contributed by atoms with Crippen LogP contribution in [0, 0.1) is 29.1 Å². The third-order valence-corrected chi connectivity index (χ3v) is 6.56. The van der Waals surface area contributed by atoms with E-state index >= 15 is 0 Å². The van der Waals surface area contributed by atoms with Gasteiger partial charge in [-0.25, -0.2) is 0 Å². The smallest absolute Gasteiger partial charge is 0.00140 e. The summed E-state index contributed by atoms with van der Waals surface area (Å²) in [5.41, 5.74) is 2.48. The van der Waals surface area contributed by atoms with Gasteiger partial charge in [-0.1, -0.05) is 37.1 Å². The van der Waals surface area contributed by atoms with E-state index in [0.717, 1.165) is 29.1 Å². The summed E-state index contributed by atoms with van der Waals surface area (Å²) in [6.45, 7) is 2.59. The summed E-state index contributed by atoms with van der Waals surface area (Å²) < 4.78 is 0. The molecule has 0 aliphatic heterocycles. The van der Waals surface area contributed by atoms with Crippen molar-refractivity contribution in [3.8, 4) is 0 Å². The average molecular weight is 228 g/mol. The molecule has 4 aliphatic rings. The molecule has 0 aromatic heterocycles. The maximum absolute atomic E-state index is 2.59. The highest BCUT2D eigenvalue weighted by Crippen LogP contribution is 2.61. The van der Waals surface area contributed by atoms with E-state index in [1.165, 1.54) is 44.9 Å². The van der Waals surface area contributed by atoms with Crippen LogP contribution in [0.25, 0.3) is 0 Å². The Morgan fingerprint density at radius 3 is 3.00 bits per heavy atom. The molecule has 17 heavy (non-hydrogen) atoms. The van der Waals surface area contributed by atoms with Crippen LogP contribution in [-0.2, 0) is 0 Å². The largest absolute Gasteiger partial charge is 0.0770 e. The Balaban J connectivity index is 1.66. The SMILES string of the molecule is CC12CCCC1C1CCC3=CC=CC3C1CC2. The number of rotatable bonds is 0. The highest BCUT2D eigenvalue weighted by atomic mass is 14.6. The van der Waals surface area contributed by atoms with Crippen LogP contribution in [0.4, 0.5) is 0 Å². The highest BCUT2D eigenvalue weighted by Gasteiger charge is 2.51. The molecule has 3 saturated carbocycles. The van der Waals surface area contributed by atoms with Gasteiger partial charge in [-0.2, -0.15) is 0 Å². The van der Waals surface area contributed by atoms with Gasteiger partial charge in [0.05, 0.1) is 0 Å². The molecule has 0 bridgehead atoms. The predicted octanol–water partition coefficient (Wildman–Crippen LogP) is 4.73. The monoisotopic (exact) mass is 228 g/mol. The fraction of sp³-hybridized carbons (Fsp3) is 0.765. The molecule has 0 spiro atoms. The molecular formula is C17H24. The van der Waals surface area contributed by atoms with Gasteiger partial charge in [0.15, 0.2) is 0 Å². The summed E-state index contributed by atoms with van der Waals surface area (Å²) in [4.78, 5) is 0. The first-order valence-corrected chi connectivity index (χ1v) is 7.65. The molecule has 5 unspecified atom stereocenters. The van der Waals surface area contributed by atoms with E-state index in [-0.39, 0.29) is 0 Å². The van der Waals surface area contributed by atoms with Crippen LogP contribution in [0.2, 0.25) is 0 Å². The molecule has 0 saturated heterocycles. The molecular weight excluding hydrogens is 204 g/mol. The Hall–Kier alpha value is -0.520. The minimum Gasteiger partial charge on any atom is -0.0770 e. The van der Waals surface area contributed by atoms with Crippen molar-refractivity contribution in [2.45, 2.75) is 51.9 Å². The fourth-order valence-electron chi connectivity index (χ4n) is 5.71. The van der Waals surface area contributed by atoms with Crippen LogP contribution in [-0.4, -0.2) is 0 Å². The number of fused-ring (bicyclic) bond motifs is 5. The topological polar surface area (TPSA) is 0 Å². The average Bonchev–Trinajstić information content (AvgIpc) is 2.92. The van der Waals surface area contributed by atoms with Crippen LogP contribution in [0.1, 0.15) is 51.9 Å². The van der Waals surface area contributed by atoms with E-state index in [4.69, 9.17) is 0 Å². The van der Waals surface area contributed by atoms with Crippen LogP contribution < -0.4 is 0 Å². The Morgan fingerprint density at radius 1 is 1.12 bits per heavy atom. The van der Waals surface area contributed by atoms with Gasteiger partial charge in [0.25, 0.3) is 0 Å². The van der Waals surface area contributed by atoms with Crippen LogP contribution >= 0.6 is 0 Å². The van der Waals surface area contributed by atoms with Gasteiger partial charge in [-0.3, -0.25) is 0 Å². The van der Waals surface area contributed by atoms with E-state index in [2.05, 4.69) is 25.2 Å². The van der Waals surface area contributed by atoms with Crippen molar-refractivity contribution in [2.75, 3.05) is 0 Å². The van der Waals surface area contributed by atoms with Crippen LogP contribution in [0.5, 0.6) is 0 Å². The van der Waals surface area contributed by atoms with Crippen LogP contribution in [0.15, 0.2) is 23.8 Å². The minimum atomic E-state index is 0.727. The normalized spacial score (nSPS) is 51.7. The second kappa shape index (κ2) is 3.49. The molecule has 5 atom stereocenters. The zero-order valence-electron chi connectivity index (χ0n) is 11.0.